The predicted molar refractivity (Wildman–Crippen MR) is 99.7 cm³/mol. The van der Waals surface area contributed by atoms with E-state index in [1.807, 2.05) is 6.07 Å². The van der Waals surface area contributed by atoms with E-state index < -0.39 is 17.7 Å². The van der Waals surface area contributed by atoms with E-state index in [0.717, 1.165) is 17.5 Å². The van der Waals surface area contributed by atoms with Gasteiger partial charge in [-0.3, -0.25) is 14.7 Å². The second kappa shape index (κ2) is 7.23. The summed E-state index contributed by atoms with van der Waals surface area (Å²) in [6, 6.07) is 10.2. The number of nitrogens with one attached hydrogen (secondary N) is 2. The SMILES string of the molecule is O=C(Nc1cccc2cn[nH]c12)[C@@H]1CC(=O)N(Cc2cccc(C(F)(F)F)c2)C1. The molecule has 3 aromatic rings. The van der Waals surface area contributed by atoms with Crippen molar-refractivity contribution in [3.05, 3.63) is 59.8 Å². The number of carbonyl (C=O) groups excluding carboxylic acids is 2. The van der Waals surface area contributed by atoms with Crippen molar-refractivity contribution in [2.24, 2.45) is 5.92 Å². The molecular weight excluding hydrogens is 385 g/mol. The molecule has 0 saturated carbocycles. The lowest BCUT2D eigenvalue weighted by Crippen LogP contribution is -2.28. The smallest absolute Gasteiger partial charge is 0.338 e. The van der Waals surface area contributed by atoms with Crippen LogP contribution in [0.5, 0.6) is 0 Å². The number of hydrogen-bond donors (Lipinski definition) is 2. The highest BCUT2D eigenvalue weighted by molar-refractivity contribution is 6.02. The Morgan fingerprint density at radius 2 is 2.03 bits per heavy atom. The van der Waals surface area contributed by atoms with Crippen LogP contribution in [-0.4, -0.2) is 33.5 Å². The number of aromatic nitrogens is 2. The van der Waals surface area contributed by atoms with Gasteiger partial charge in [-0.1, -0.05) is 24.3 Å². The largest absolute Gasteiger partial charge is 0.416 e. The number of hydrogen-bond acceptors (Lipinski definition) is 3. The van der Waals surface area contributed by atoms with Crippen LogP contribution in [0.15, 0.2) is 48.7 Å². The minimum Gasteiger partial charge on any atom is -0.338 e. The van der Waals surface area contributed by atoms with Crippen LogP contribution in [0.25, 0.3) is 10.9 Å². The van der Waals surface area contributed by atoms with Gasteiger partial charge in [0.05, 0.1) is 28.9 Å². The molecule has 0 radical (unpaired) electrons. The van der Waals surface area contributed by atoms with Gasteiger partial charge in [-0.25, -0.2) is 0 Å². The molecule has 2 amide bonds. The van der Waals surface area contributed by atoms with E-state index in [1.54, 1.807) is 18.3 Å². The number of likely N-dealkylation sites (tertiary alicyclic amines) is 1. The molecule has 9 heteroatoms. The Balaban J connectivity index is 1.44. The Kier molecular flexibility index (Phi) is 4.73. The van der Waals surface area contributed by atoms with Crippen LogP contribution in [0.4, 0.5) is 18.9 Å². The summed E-state index contributed by atoms with van der Waals surface area (Å²) < 4.78 is 38.6. The number of alkyl halides is 3. The zero-order chi connectivity index (χ0) is 20.6. The van der Waals surface area contributed by atoms with Crippen LogP contribution in [0.3, 0.4) is 0 Å². The molecule has 150 valence electrons. The molecule has 2 N–H and O–H groups in total. The number of amides is 2. The van der Waals surface area contributed by atoms with Crippen LogP contribution < -0.4 is 5.32 Å². The van der Waals surface area contributed by atoms with Gasteiger partial charge in [0.15, 0.2) is 0 Å². The fourth-order valence-corrected chi connectivity index (χ4v) is 3.47. The quantitative estimate of drug-likeness (QED) is 0.700. The number of benzene rings is 2. The topological polar surface area (TPSA) is 78.1 Å². The average molecular weight is 402 g/mol. The van der Waals surface area contributed by atoms with Crippen LogP contribution in [0.2, 0.25) is 0 Å². The summed E-state index contributed by atoms with van der Waals surface area (Å²) in [7, 11) is 0. The number of carbonyl (C=O) groups is 2. The van der Waals surface area contributed by atoms with Gasteiger partial charge in [-0.15, -0.1) is 0 Å². The maximum atomic E-state index is 12.9. The van der Waals surface area contributed by atoms with Gasteiger partial charge in [0, 0.05) is 24.9 Å². The lowest BCUT2D eigenvalue weighted by Gasteiger charge is -2.18. The Labute approximate surface area is 163 Å². The molecule has 1 aromatic heterocycles. The monoisotopic (exact) mass is 402 g/mol. The van der Waals surface area contributed by atoms with Gasteiger partial charge in [0.1, 0.15) is 0 Å². The molecule has 2 aromatic carbocycles. The highest BCUT2D eigenvalue weighted by Gasteiger charge is 2.35. The van der Waals surface area contributed by atoms with Crippen LogP contribution in [-0.2, 0) is 22.3 Å². The molecule has 6 nitrogen and oxygen atoms in total. The Hall–Kier alpha value is -3.36. The van der Waals surface area contributed by atoms with Crippen molar-refractivity contribution in [1.29, 1.82) is 0 Å². The fourth-order valence-electron chi connectivity index (χ4n) is 3.47. The van der Waals surface area contributed by atoms with E-state index >= 15 is 0 Å². The van der Waals surface area contributed by atoms with Crippen molar-refractivity contribution in [2.45, 2.75) is 19.1 Å². The number of H-pyrrole nitrogens is 1. The maximum absolute atomic E-state index is 12.9. The standard InChI is InChI=1S/C20H17F3N4O2/c21-20(22,23)15-5-1-3-12(7-15)10-27-11-14(8-17(27)28)19(29)25-16-6-2-4-13-9-24-26-18(13)16/h1-7,9,14H,8,10-11H2,(H,24,26)(H,25,29)/t14-/m1/s1. The lowest BCUT2D eigenvalue weighted by atomic mass is 10.1. The zero-order valence-electron chi connectivity index (χ0n) is 15.2. The number of para-hydroxylation sites is 1. The lowest BCUT2D eigenvalue weighted by molar-refractivity contribution is -0.137. The van der Waals surface area contributed by atoms with Crippen molar-refractivity contribution >= 4 is 28.4 Å². The van der Waals surface area contributed by atoms with E-state index in [-0.39, 0.29) is 31.3 Å². The molecule has 1 atom stereocenters. The highest BCUT2D eigenvalue weighted by Crippen LogP contribution is 2.30. The van der Waals surface area contributed by atoms with Gasteiger partial charge in [0.2, 0.25) is 11.8 Å². The van der Waals surface area contributed by atoms with E-state index in [2.05, 4.69) is 15.5 Å². The summed E-state index contributed by atoms with van der Waals surface area (Å²) in [6.07, 6.45) is -2.79. The first kappa shape index (κ1) is 19.0. The predicted octanol–water partition coefficient (Wildman–Crippen LogP) is 3.57. The summed E-state index contributed by atoms with van der Waals surface area (Å²) in [6.45, 7) is 0.183. The van der Waals surface area contributed by atoms with Crippen molar-refractivity contribution in [3.8, 4) is 0 Å². The van der Waals surface area contributed by atoms with E-state index in [1.165, 1.54) is 17.0 Å². The maximum Gasteiger partial charge on any atom is 0.416 e. The number of nitrogens with zero attached hydrogens (tertiary/aromatic N) is 2. The van der Waals surface area contributed by atoms with E-state index in [9.17, 15) is 22.8 Å². The van der Waals surface area contributed by atoms with E-state index in [4.69, 9.17) is 0 Å². The minimum atomic E-state index is -4.44. The van der Waals surface area contributed by atoms with Gasteiger partial charge in [-0.2, -0.15) is 18.3 Å². The molecule has 29 heavy (non-hydrogen) atoms. The first-order valence-electron chi connectivity index (χ1n) is 8.98. The summed E-state index contributed by atoms with van der Waals surface area (Å²) in [5, 5.41) is 10.4. The Bertz CT molecular complexity index is 1080. The van der Waals surface area contributed by atoms with Gasteiger partial charge < -0.3 is 10.2 Å². The molecule has 4 rings (SSSR count). The molecular formula is C20H17F3N4O2. The van der Waals surface area contributed by atoms with E-state index in [0.29, 0.717) is 16.8 Å². The molecule has 0 aliphatic carbocycles. The van der Waals surface area contributed by atoms with Crippen LogP contribution in [0.1, 0.15) is 17.5 Å². The van der Waals surface area contributed by atoms with Gasteiger partial charge in [-0.05, 0) is 23.8 Å². The third-order valence-corrected chi connectivity index (χ3v) is 4.95. The first-order valence-corrected chi connectivity index (χ1v) is 8.98. The normalized spacial score (nSPS) is 17.1. The molecule has 1 saturated heterocycles. The van der Waals surface area contributed by atoms with Crippen molar-refractivity contribution in [1.82, 2.24) is 15.1 Å². The highest BCUT2D eigenvalue weighted by atomic mass is 19.4. The third-order valence-electron chi connectivity index (χ3n) is 4.95. The van der Waals surface area contributed by atoms with Crippen molar-refractivity contribution in [3.63, 3.8) is 0 Å². The fraction of sp³-hybridized carbons (Fsp3) is 0.250. The van der Waals surface area contributed by atoms with Gasteiger partial charge in [0.25, 0.3) is 0 Å². The number of fused-ring (bicyclic) bond motifs is 1. The number of halogens is 3. The number of aromatic amines is 1. The molecule has 1 fully saturated rings. The second-order valence-electron chi connectivity index (χ2n) is 7.00. The van der Waals surface area contributed by atoms with Crippen molar-refractivity contribution < 1.29 is 22.8 Å². The Morgan fingerprint density at radius 3 is 2.83 bits per heavy atom. The molecule has 1 aliphatic rings. The molecule has 0 spiro atoms. The van der Waals surface area contributed by atoms with Gasteiger partial charge >= 0.3 is 6.18 Å². The number of anilines is 1. The number of rotatable bonds is 4. The summed E-state index contributed by atoms with van der Waals surface area (Å²) >= 11 is 0. The summed E-state index contributed by atoms with van der Waals surface area (Å²) in [5.74, 6) is -1.15. The second-order valence-corrected chi connectivity index (χ2v) is 7.00. The molecule has 0 bridgehead atoms. The molecule has 1 aliphatic heterocycles. The summed E-state index contributed by atoms with van der Waals surface area (Å²) in [5.41, 5.74) is 0.861. The first-order chi connectivity index (χ1) is 13.8. The average Bonchev–Trinajstić information content (AvgIpc) is 3.29. The Morgan fingerprint density at radius 1 is 1.24 bits per heavy atom. The molecule has 2 heterocycles. The minimum absolute atomic E-state index is 0.0176. The zero-order valence-corrected chi connectivity index (χ0v) is 15.2. The van der Waals surface area contributed by atoms with Crippen LogP contribution in [0, 0.1) is 5.92 Å². The third kappa shape index (κ3) is 3.94. The van der Waals surface area contributed by atoms with Crippen LogP contribution >= 0.6 is 0 Å². The molecule has 0 unspecified atom stereocenters. The van der Waals surface area contributed by atoms with Crippen molar-refractivity contribution in [2.75, 3.05) is 11.9 Å². The summed E-state index contributed by atoms with van der Waals surface area (Å²) in [4.78, 5) is 26.4.